The van der Waals surface area contributed by atoms with Crippen molar-refractivity contribution in [3.05, 3.63) is 11.3 Å². The van der Waals surface area contributed by atoms with Gasteiger partial charge in [0.15, 0.2) is 6.67 Å². The molecule has 33 heavy (non-hydrogen) atoms. The topological polar surface area (TPSA) is 167 Å². The van der Waals surface area contributed by atoms with Gasteiger partial charge in [0.2, 0.25) is 20.9 Å². The number of aryl methyl sites for hydroxylation is 1. The number of alkyl halides is 3. The van der Waals surface area contributed by atoms with Gasteiger partial charge in [-0.3, -0.25) is 14.5 Å². The first-order valence-electron chi connectivity index (χ1n) is 8.58. The summed E-state index contributed by atoms with van der Waals surface area (Å²) in [5.41, 5.74) is -0.0639. The number of hydrogen-bond acceptors (Lipinski definition) is 11. The van der Waals surface area contributed by atoms with Crippen molar-refractivity contribution >= 4 is 51.1 Å². The summed E-state index contributed by atoms with van der Waals surface area (Å²) in [7, 11) is -3.86. The molecule has 176 valence electrons. The van der Waals surface area contributed by atoms with Crippen LogP contribution in [0, 0.1) is 0 Å². The van der Waals surface area contributed by atoms with Crippen LogP contribution >= 0.6 is 23.5 Å². The third-order valence-corrected chi connectivity index (χ3v) is 8.54. The van der Waals surface area contributed by atoms with Crippen molar-refractivity contribution in [3.8, 4) is 0 Å². The van der Waals surface area contributed by atoms with Gasteiger partial charge in [0, 0.05) is 18.6 Å². The summed E-state index contributed by atoms with van der Waals surface area (Å²) in [5, 5.41) is 19.3. The summed E-state index contributed by atoms with van der Waals surface area (Å²) in [6, 6.07) is -1.34. The number of halogens is 3. The molecule has 3 heterocycles. The Bertz CT molecular complexity index is 1100. The maximum Gasteiger partial charge on any atom is 1.00 e. The van der Waals surface area contributed by atoms with Crippen LogP contribution in [-0.2, 0) is 31.3 Å². The molecule has 0 saturated carbocycles. The standard InChI is InChI=1S/C14H15F3N6O6S3.Na/c1-22-13(19-20-21-22)31-3-6-2-30-11-8(10(25)23(11)9(6)12(26)27)18-7(24)4-32(28,29)14(16,17)5-15;/h8,11H,2-5H2,1H3,(H,18,24)(H,26,27);/q;+1/p-1/t8?,11-;/m1./s1. The van der Waals surface area contributed by atoms with E-state index >= 15 is 0 Å². The number of β-lactam (4-membered cyclic amide) rings is 1. The Labute approximate surface area is 215 Å². The number of amides is 2. The van der Waals surface area contributed by atoms with Gasteiger partial charge < -0.3 is 15.2 Å². The molecule has 1 aromatic rings. The number of nitrogens with zero attached hydrogens (tertiary/aromatic N) is 5. The van der Waals surface area contributed by atoms with E-state index in [2.05, 4.69) is 15.5 Å². The zero-order chi connectivity index (χ0) is 23.8. The van der Waals surface area contributed by atoms with Crippen molar-refractivity contribution in [1.82, 2.24) is 30.4 Å². The molecule has 2 atom stereocenters. The Morgan fingerprint density at radius 1 is 1.39 bits per heavy atom. The van der Waals surface area contributed by atoms with Crippen LogP contribution in [0.3, 0.4) is 0 Å². The Balaban J connectivity index is 0.00000385. The van der Waals surface area contributed by atoms with Crippen molar-refractivity contribution in [2.45, 2.75) is 21.8 Å². The molecule has 2 aliphatic heterocycles. The molecule has 0 bridgehead atoms. The minimum absolute atomic E-state index is 0. The van der Waals surface area contributed by atoms with Gasteiger partial charge in [-0.15, -0.1) is 16.9 Å². The normalized spacial score (nSPS) is 20.6. The van der Waals surface area contributed by atoms with Gasteiger partial charge in [-0.2, -0.15) is 8.78 Å². The SMILES string of the molecule is Cn1nnnc1SCC1=C(C(=O)[O-])N2C(=O)C(NC(=O)CS(=O)(=O)C(F)(F)CF)[C@H]2SC1.[Na+]. The van der Waals surface area contributed by atoms with E-state index in [9.17, 15) is 41.1 Å². The number of carboxylic acids is 1. The van der Waals surface area contributed by atoms with Crippen molar-refractivity contribution in [2.24, 2.45) is 7.05 Å². The third-order valence-electron chi connectivity index (χ3n) is 4.45. The van der Waals surface area contributed by atoms with Crippen molar-refractivity contribution in [2.75, 3.05) is 23.9 Å². The smallest absolute Gasteiger partial charge is 0.543 e. The average molecular weight is 538 g/mol. The number of rotatable bonds is 9. The summed E-state index contributed by atoms with van der Waals surface area (Å²) in [4.78, 5) is 36.9. The van der Waals surface area contributed by atoms with Gasteiger partial charge in [-0.05, 0) is 16.0 Å². The molecular formula is C14H14F3N6NaO6S3. The van der Waals surface area contributed by atoms with Gasteiger partial charge in [-0.1, -0.05) is 11.8 Å². The summed E-state index contributed by atoms with van der Waals surface area (Å²) in [5.74, 6) is -5.44. The van der Waals surface area contributed by atoms with Gasteiger partial charge in [-0.25, -0.2) is 17.5 Å². The predicted molar refractivity (Wildman–Crippen MR) is 101 cm³/mol. The number of aliphatic carboxylic acids is 1. The molecule has 2 amide bonds. The van der Waals surface area contributed by atoms with Gasteiger partial charge >= 0.3 is 34.8 Å². The van der Waals surface area contributed by atoms with Gasteiger partial charge in [0.05, 0.1) is 11.7 Å². The van der Waals surface area contributed by atoms with Crippen molar-refractivity contribution in [1.29, 1.82) is 0 Å². The van der Waals surface area contributed by atoms with Crippen LogP contribution in [0.1, 0.15) is 0 Å². The summed E-state index contributed by atoms with van der Waals surface area (Å²) in [6.45, 7) is -2.50. The molecule has 0 radical (unpaired) electrons. The number of nitrogens with one attached hydrogen (secondary N) is 1. The fourth-order valence-electron chi connectivity index (χ4n) is 2.85. The molecule has 1 aromatic heterocycles. The van der Waals surface area contributed by atoms with Crippen LogP contribution in [-0.4, -0.2) is 91.9 Å². The van der Waals surface area contributed by atoms with E-state index < -0.39 is 62.4 Å². The number of carboxylic acid groups (broad SMARTS) is 1. The number of hydrogen-bond donors (Lipinski definition) is 1. The second-order valence-corrected chi connectivity index (χ2v) is 10.8. The zero-order valence-corrected chi connectivity index (χ0v) is 21.5. The summed E-state index contributed by atoms with van der Waals surface area (Å²) in [6.07, 6.45) is 0. The van der Waals surface area contributed by atoms with Gasteiger partial charge in [0.25, 0.3) is 5.91 Å². The Morgan fingerprint density at radius 3 is 2.61 bits per heavy atom. The molecule has 2 aliphatic rings. The number of thioether (sulfide) groups is 2. The Morgan fingerprint density at radius 2 is 2.06 bits per heavy atom. The first kappa shape index (κ1) is 27.9. The minimum atomic E-state index is -5.44. The first-order chi connectivity index (χ1) is 14.9. The molecule has 12 nitrogen and oxygen atoms in total. The second-order valence-electron chi connectivity index (χ2n) is 6.60. The molecule has 3 rings (SSSR count). The van der Waals surface area contributed by atoms with Crippen LogP contribution in [0.15, 0.2) is 16.4 Å². The van der Waals surface area contributed by atoms with E-state index in [0.717, 1.165) is 28.4 Å². The van der Waals surface area contributed by atoms with Crippen LogP contribution in [0.5, 0.6) is 0 Å². The van der Waals surface area contributed by atoms with Crippen LogP contribution in [0.25, 0.3) is 0 Å². The van der Waals surface area contributed by atoms with Crippen molar-refractivity contribution < 1.29 is 70.6 Å². The van der Waals surface area contributed by atoms with Crippen LogP contribution in [0.4, 0.5) is 13.2 Å². The average Bonchev–Trinajstić information content (AvgIpc) is 3.13. The van der Waals surface area contributed by atoms with Gasteiger partial charge in [0.1, 0.15) is 17.2 Å². The molecule has 1 fully saturated rings. The number of carbonyl (C=O) groups is 3. The summed E-state index contributed by atoms with van der Waals surface area (Å²) >= 11 is 2.20. The molecule has 1 saturated heterocycles. The fourth-order valence-corrected chi connectivity index (χ4v) is 6.00. The second kappa shape index (κ2) is 10.5. The quantitative estimate of drug-likeness (QED) is 0.181. The Kier molecular flexibility index (Phi) is 8.89. The number of sulfone groups is 1. The zero-order valence-electron chi connectivity index (χ0n) is 17.0. The monoisotopic (exact) mass is 538 g/mol. The third kappa shape index (κ3) is 5.50. The fraction of sp³-hybridized carbons (Fsp3) is 0.571. The molecular weight excluding hydrogens is 524 g/mol. The van der Waals surface area contributed by atoms with E-state index in [4.69, 9.17) is 0 Å². The molecule has 0 aliphatic carbocycles. The first-order valence-corrected chi connectivity index (χ1v) is 12.3. The van der Waals surface area contributed by atoms with Crippen LogP contribution < -0.4 is 40.0 Å². The predicted octanol–water partition coefficient (Wildman–Crippen LogP) is -5.31. The van der Waals surface area contributed by atoms with E-state index in [1.54, 1.807) is 7.05 Å². The largest absolute Gasteiger partial charge is 1.00 e. The molecule has 1 unspecified atom stereocenters. The van der Waals surface area contributed by atoms with Crippen molar-refractivity contribution in [3.63, 3.8) is 0 Å². The van der Waals surface area contributed by atoms with E-state index in [-0.39, 0.29) is 41.1 Å². The van der Waals surface area contributed by atoms with Crippen LogP contribution in [0.2, 0.25) is 0 Å². The minimum Gasteiger partial charge on any atom is -0.543 e. The summed E-state index contributed by atoms with van der Waals surface area (Å²) < 4.78 is 62.8. The van der Waals surface area contributed by atoms with E-state index in [0.29, 0.717) is 10.7 Å². The van der Waals surface area contributed by atoms with E-state index in [1.807, 2.05) is 5.32 Å². The maximum atomic E-state index is 13.1. The maximum absolute atomic E-state index is 13.1. The number of carbonyl (C=O) groups excluding carboxylic acids is 3. The molecule has 0 spiro atoms. The Hall–Kier alpha value is -1.34. The molecule has 1 N–H and O–H groups in total. The molecule has 0 aromatic carbocycles. The number of tetrazole rings is 1. The molecule has 19 heteroatoms. The van der Waals surface area contributed by atoms with E-state index in [1.165, 1.54) is 4.68 Å². The number of aromatic nitrogens is 4. The number of fused-ring (bicyclic) bond motifs is 1.